The van der Waals surface area contributed by atoms with Gasteiger partial charge in [-0.05, 0) is 47.9 Å². The average Bonchev–Trinajstić information content (AvgIpc) is 2.79. The minimum atomic E-state index is -4.04. The molecule has 1 fully saturated rings. The van der Waals surface area contributed by atoms with Crippen LogP contribution in [0.2, 0.25) is 0 Å². The number of aromatic amines is 1. The van der Waals surface area contributed by atoms with E-state index in [0.717, 1.165) is 17.5 Å². The molecule has 170 valence electrons. The lowest BCUT2D eigenvalue weighted by Crippen LogP contribution is -2.43. The minimum Gasteiger partial charge on any atom is -0.497 e. The van der Waals surface area contributed by atoms with Crippen LogP contribution in [0.4, 0.5) is 4.39 Å². The Morgan fingerprint density at radius 1 is 1.16 bits per heavy atom. The molecule has 0 spiro atoms. The first-order chi connectivity index (χ1) is 15.4. The number of hydrogen-bond acceptors (Lipinski definition) is 6. The number of ether oxygens (including phenoxy) is 3. The molecule has 0 amide bonds. The first-order valence-electron chi connectivity index (χ1n) is 10.0. The van der Waals surface area contributed by atoms with Gasteiger partial charge < -0.3 is 19.2 Å². The summed E-state index contributed by atoms with van der Waals surface area (Å²) in [6.45, 7) is 0.836. The van der Waals surface area contributed by atoms with E-state index < -0.39 is 27.5 Å². The fourth-order valence-electron chi connectivity index (χ4n) is 3.53. The second kappa shape index (κ2) is 9.37. The van der Waals surface area contributed by atoms with Crippen molar-refractivity contribution in [3.8, 4) is 5.75 Å². The Hall–Kier alpha value is -2.79. The molecule has 1 aliphatic rings. The molecule has 0 radical (unpaired) electrons. The van der Waals surface area contributed by atoms with Gasteiger partial charge in [-0.1, -0.05) is 0 Å². The molecular formula is C22H23FN2O6S. The summed E-state index contributed by atoms with van der Waals surface area (Å²) < 4.78 is 57.4. The molecule has 1 aliphatic heterocycles. The van der Waals surface area contributed by atoms with Crippen molar-refractivity contribution >= 4 is 20.9 Å². The van der Waals surface area contributed by atoms with Crippen molar-refractivity contribution in [3.63, 3.8) is 0 Å². The van der Waals surface area contributed by atoms with E-state index in [1.807, 2.05) is 0 Å². The van der Waals surface area contributed by atoms with Gasteiger partial charge in [-0.3, -0.25) is 4.79 Å². The summed E-state index contributed by atoms with van der Waals surface area (Å²) in [5.74, 6) is 0.0526. The molecule has 3 aromatic rings. The van der Waals surface area contributed by atoms with Crippen LogP contribution in [0.15, 0.2) is 58.2 Å². The highest BCUT2D eigenvalue weighted by Gasteiger charge is 2.30. The van der Waals surface area contributed by atoms with Crippen molar-refractivity contribution in [2.45, 2.75) is 17.5 Å². The maximum atomic E-state index is 13.4. The molecule has 8 nitrogen and oxygen atoms in total. The first-order valence-corrected chi connectivity index (χ1v) is 11.5. The maximum absolute atomic E-state index is 13.4. The lowest BCUT2D eigenvalue weighted by molar-refractivity contribution is -0.0923. The van der Waals surface area contributed by atoms with Crippen LogP contribution in [0, 0.1) is 5.82 Å². The van der Waals surface area contributed by atoms with Crippen LogP contribution in [0.5, 0.6) is 5.75 Å². The van der Waals surface area contributed by atoms with Crippen molar-refractivity contribution in [1.82, 2.24) is 9.29 Å². The quantitative estimate of drug-likeness (QED) is 0.579. The predicted molar refractivity (Wildman–Crippen MR) is 116 cm³/mol. The Morgan fingerprint density at radius 3 is 2.62 bits per heavy atom. The van der Waals surface area contributed by atoms with Crippen LogP contribution in [-0.2, 0) is 26.0 Å². The van der Waals surface area contributed by atoms with Gasteiger partial charge in [0.05, 0.1) is 43.4 Å². The van der Waals surface area contributed by atoms with Crippen LogP contribution in [0.1, 0.15) is 5.56 Å². The van der Waals surface area contributed by atoms with Gasteiger partial charge in [0.15, 0.2) is 0 Å². The molecule has 1 aromatic heterocycles. The van der Waals surface area contributed by atoms with Gasteiger partial charge in [0.25, 0.3) is 5.56 Å². The second-order valence-corrected chi connectivity index (χ2v) is 9.33. The SMILES string of the molecule is COc1ccc2cc(CN(C[C@@H]3COCCO3)S(=O)(=O)c3ccc(F)cc3)c(=O)[nH]c2c1. The summed E-state index contributed by atoms with van der Waals surface area (Å²) in [5.41, 5.74) is 0.436. The molecule has 1 N–H and O–H groups in total. The molecule has 0 saturated carbocycles. The van der Waals surface area contributed by atoms with Crippen LogP contribution in [0.25, 0.3) is 10.9 Å². The largest absolute Gasteiger partial charge is 0.497 e. The number of rotatable bonds is 7. The number of aromatic nitrogens is 1. The molecule has 1 atom stereocenters. The standard InChI is InChI=1S/C22H23FN2O6S/c1-29-18-5-2-15-10-16(22(26)24-21(15)11-18)12-25(13-19-14-30-8-9-31-19)32(27,28)20-6-3-17(23)4-7-20/h2-7,10-11,19H,8-9,12-14H2,1H3,(H,24,26)/t19-/m1/s1. The maximum Gasteiger partial charge on any atom is 0.252 e. The van der Waals surface area contributed by atoms with Gasteiger partial charge in [-0.15, -0.1) is 0 Å². The van der Waals surface area contributed by atoms with Crippen molar-refractivity contribution in [3.05, 3.63) is 70.3 Å². The highest BCUT2D eigenvalue weighted by molar-refractivity contribution is 7.89. The number of sulfonamides is 1. The fraction of sp³-hybridized carbons (Fsp3) is 0.318. The van der Waals surface area contributed by atoms with Gasteiger partial charge in [-0.2, -0.15) is 4.31 Å². The zero-order valence-corrected chi connectivity index (χ0v) is 18.2. The van der Waals surface area contributed by atoms with Crippen molar-refractivity contribution < 1.29 is 27.0 Å². The smallest absolute Gasteiger partial charge is 0.252 e. The van der Waals surface area contributed by atoms with E-state index in [4.69, 9.17) is 14.2 Å². The lowest BCUT2D eigenvalue weighted by Gasteiger charge is -2.29. The summed E-state index contributed by atoms with van der Waals surface area (Å²) in [6.07, 6.45) is -0.484. The van der Waals surface area contributed by atoms with Crippen molar-refractivity contribution in [2.75, 3.05) is 33.5 Å². The lowest BCUT2D eigenvalue weighted by atomic mass is 10.1. The number of methoxy groups -OCH3 is 1. The Morgan fingerprint density at radius 2 is 1.94 bits per heavy atom. The highest BCUT2D eigenvalue weighted by atomic mass is 32.2. The summed E-state index contributed by atoms with van der Waals surface area (Å²) >= 11 is 0. The third-order valence-electron chi connectivity index (χ3n) is 5.22. The number of nitrogens with zero attached hydrogens (tertiary/aromatic N) is 1. The zero-order valence-electron chi connectivity index (χ0n) is 17.4. The number of H-pyrrole nitrogens is 1. The van der Waals surface area contributed by atoms with Crippen LogP contribution < -0.4 is 10.3 Å². The van der Waals surface area contributed by atoms with E-state index in [2.05, 4.69) is 4.98 Å². The summed E-state index contributed by atoms with van der Waals surface area (Å²) in [7, 11) is -2.51. The highest BCUT2D eigenvalue weighted by Crippen LogP contribution is 2.22. The normalized spacial score (nSPS) is 17.0. The third-order valence-corrected chi connectivity index (χ3v) is 7.05. The number of fused-ring (bicyclic) bond motifs is 1. The Balaban J connectivity index is 1.70. The summed E-state index contributed by atoms with van der Waals surface area (Å²) in [6, 6.07) is 11.5. The number of halogens is 1. The molecule has 2 heterocycles. The number of hydrogen-bond donors (Lipinski definition) is 1. The molecule has 0 aliphatic carbocycles. The second-order valence-electron chi connectivity index (χ2n) is 7.40. The predicted octanol–water partition coefficient (Wildman–Crippen LogP) is 2.28. The molecule has 0 unspecified atom stereocenters. The number of nitrogens with one attached hydrogen (secondary N) is 1. The van der Waals surface area contributed by atoms with E-state index in [9.17, 15) is 17.6 Å². The van der Waals surface area contributed by atoms with E-state index >= 15 is 0 Å². The number of benzene rings is 2. The van der Waals surface area contributed by atoms with E-state index in [1.54, 1.807) is 24.3 Å². The topological polar surface area (TPSA) is 97.9 Å². The first kappa shape index (κ1) is 22.4. The van der Waals surface area contributed by atoms with E-state index in [0.29, 0.717) is 24.5 Å². The fourth-order valence-corrected chi connectivity index (χ4v) is 4.98. The molecule has 32 heavy (non-hydrogen) atoms. The zero-order chi connectivity index (χ0) is 22.7. The van der Waals surface area contributed by atoms with E-state index in [-0.39, 0.29) is 30.2 Å². The molecule has 10 heteroatoms. The van der Waals surface area contributed by atoms with Crippen LogP contribution in [-0.4, -0.2) is 57.3 Å². The van der Waals surface area contributed by atoms with Gasteiger partial charge >= 0.3 is 0 Å². The Labute approximate surface area is 184 Å². The summed E-state index contributed by atoms with van der Waals surface area (Å²) in [4.78, 5) is 15.5. The molecule has 0 bridgehead atoms. The van der Waals surface area contributed by atoms with Gasteiger partial charge in [0, 0.05) is 24.7 Å². The van der Waals surface area contributed by atoms with Crippen LogP contribution in [0.3, 0.4) is 0 Å². The molecule has 2 aromatic carbocycles. The van der Waals surface area contributed by atoms with Crippen molar-refractivity contribution in [2.24, 2.45) is 0 Å². The molecular weight excluding hydrogens is 439 g/mol. The summed E-state index contributed by atoms with van der Waals surface area (Å²) in [5, 5.41) is 0.733. The minimum absolute atomic E-state index is 0.0141. The van der Waals surface area contributed by atoms with Gasteiger partial charge in [0.2, 0.25) is 10.0 Å². The Bertz CT molecular complexity index is 1250. The van der Waals surface area contributed by atoms with Crippen LogP contribution >= 0.6 is 0 Å². The van der Waals surface area contributed by atoms with Crippen molar-refractivity contribution in [1.29, 1.82) is 0 Å². The van der Waals surface area contributed by atoms with Gasteiger partial charge in [-0.25, -0.2) is 12.8 Å². The average molecular weight is 462 g/mol. The Kier molecular flexibility index (Phi) is 6.56. The van der Waals surface area contributed by atoms with Gasteiger partial charge in [0.1, 0.15) is 11.6 Å². The molecule has 4 rings (SSSR count). The third kappa shape index (κ3) is 4.83. The monoisotopic (exact) mass is 462 g/mol. The van der Waals surface area contributed by atoms with E-state index in [1.165, 1.54) is 23.5 Å². The molecule has 1 saturated heterocycles. The number of pyridine rings is 1.